The highest BCUT2D eigenvalue weighted by Crippen LogP contribution is 2.10. The van der Waals surface area contributed by atoms with Crippen molar-refractivity contribution < 1.29 is 14.4 Å². The minimum Gasteiger partial charge on any atom is -0.366 e. The summed E-state index contributed by atoms with van der Waals surface area (Å²) < 4.78 is 0. The highest BCUT2D eigenvalue weighted by molar-refractivity contribution is 6.63. The van der Waals surface area contributed by atoms with Crippen LogP contribution in [0.4, 0.5) is 5.69 Å². The van der Waals surface area contributed by atoms with E-state index in [1.165, 1.54) is 12.1 Å². The molecule has 0 saturated carbocycles. The Morgan fingerprint density at radius 1 is 1.12 bits per heavy atom. The van der Waals surface area contributed by atoms with Crippen LogP contribution in [0.5, 0.6) is 0 Å². The Bertz CT molecular complexity index is 443. The van der Waals surface area contributed by atoms with Crippen molar-refractivity contribution in [3.05, 3.63) is 29.8 Å². The van der Waals surface area contributed by atoms with E-state index in [0.29, 0.717) is 11.3 Å². The minimum absolute atomic E-state index is 0.00718. The van der Waals surface area contributed by atoms with Gasteiger partial charge in [0, 0.05) is 24.1 Å². The summed E-state index contributed by atoms with van der Waals surface area (Å²) in [6.07, 6.45) is 0.0205. The summed E-state index contributed by atoms with van der Waals surface area (Å²) in [7, 11) is 0. The predicted octanol–water partition coefficient (Wildman–Crippen LogP) is 1.27. The summed E-state index contributed by atoms with van der Waals surface area (Å²) in [4.78, 5) is 32.6. The molecule has 0 aliphatic carbocycles. The third kappa shape index (κ3) is 4.65. The van der Waals surface area contributed by atoms with Gasteiger partial charge >= 0.3 is 0 Å². The molecule has 90 valence electrons. The number of carbonyl (C=O) groups excluding carboxylic acids is 3. The first-order valence-electron chi connectivity index (χ1n) is 4.87. The Morgan fingerprint density at radius 2 is 1.71 bits per heavy atom. The summed E-state index contributed by atoms with van der Waals surface area (Å²) in [5, 5.41) is 2.01. The first kappa shape index (κ1) is 13.2. The molecule has 5 nitrogen and oxygen atoms in total. The normalized spacial score (nSPS) is 9.71. The van der Waals surface area contributed by atoms with Crippen LogP contribution in [0, 0.1) is 0 Å². The van der Waals surface area contributed by atoms with Crippen molar-refractivity contribution in [2.45, 2.75) is 12.8 Å². The van der Waals surface area contributed by atoms with Gasteiger partial charge in [0.25, 0.3) is 0 Å². The summed E-state index contributed by atoms with van der Waals surface area (Å²) in [5.41, 5.74) is 5.96. The van der Waals surface area contributed by atoms with Crippen LogP contribution in [0.1, 0.15) is 23.2 Å². The Balaban J connectivity index is 2.54. The Labute approximate surface area is 103 Å². The molecule has 1 rings (SSSR count). The SMILES string of the molecule is NC(=O)c1ccc(NC(=O)CCC(=O)Cl)cc1. The standard InChI is InChI=1S/C11H11ClN2O3/c12-9(15)5-6-10(16)14-8-3-1-7(2-4-8)11(13)17/h1-4H,5-6H2,(H2,13,17)(H,14,16). The molecule has 0 aromatic heterocycles. The third-order valence-corrected chi connectivity index (χ3v) is 2.19. The highest BCUT2D eigenvalue weighted by atomic mass is 35.5. The quantitative estimate of drug-likeness (QED) is 0.776. The van der Waals surface area contributed by atoms with Gasteiger partial charge in [0.2, 0.25) is 17.1 Å². The Morgan fingerprint density at radius 3 is 2.18 bits per heavy atom. The summed E-state index contributed by atoms with van der Waals surface area (Å²) in [5.74, 6) is -0.846. The van der Waals surface area contributed by atoms with Crippen LogP contribution in [0.2, 0.25) is 0 Å². The molecule has 1 aromatic carbocycles. The van der Waals surface area contributed by atoms with Crippen molar-refractivity contribution in [1.29, 1.82) is 0 Å². The molecule has 0 radical (unpaired) electrons. The number of benzene rings is 1. The van der Waals surface area contributed by atoms with Gasteiger partial charge in [-0.3, -0.25) is 14.4 Å². The molecular weight excluding hydrogens is 244 g/mol. The lowest BCUT2D eigenvalue weighted by molar-refractivity contribution is -0.119. The number of anilines is 1. The molecule has 0 fully saturated rings. The zero-order valence-corrected chi connectivity index (χ0v) is 9.66. The first-order valence-corrected chi connectivity index (χ1v) is 5.25. The largest absolute Gasteiger partial charge is 0.366 e. The smallest absolute Gasteiger partial charge is 0.248 e. The fourth-order valence-corrected chi connectivity index (χ4v) is 1.25. The second kappa shape index (κ2) is 6.00. The number of nitrogens with one attached hydrogen (secondary N) is 1. The average molecular weight is 255 g/mol. The van der Waals surface area contributed by atoms with Crippen LogP contribution >= 0.6 is 11.6 Å². The molecule has 0 aliphatic rings. The van der Waals surface area contributed by atoms with Crippen LogP contribution in [-0.4, -0.2) is 17.1 Å². The maximum Gasteiger partial charge on any atom is 0.248 e. The van der Waals surface area contributed by atoms with Crippen molar-refractivity contribution in [2.24, 2.45) is 5.73 Å². The number of hydrogen-bond donors (Lipinski definition) is 2. The monoisotopic (exact) mass is 254 g/mol. The summed E-state index contributed by atoms with van der Waals surface area (Å²) in [6.45, 7) is 0. The van der Waals surface area contributed by atoms with Crippen LogP contribution in [0.3, 0.4) is 0 Å². The van der Waals surface area contributed by atoms with Gasteiger partial charge in [-0.15, -0.1) is 0 Å². The van der Waals surface area contributed by atoms with Crippen molar-refractivity contribution in [3.63, 3.8) is 0 Å². The van der Waals surface area contributed by atoms with E-state index < -0.39 is 11.1 Å². The molecule has 0 spiro atoms. The third-order valence-electron chi connectivity index (χ3n) is 2.00. The average Bonchev–Trinajstić information content (AvgIpc) is 2.27. The molecule has 0 unspecified atom stereocenters. The Kier molecular flexibility index (Phi) is 4.66. The molecule has 0 bridgehead atoms. The number of primary amides is 1. The van der Waals surface area contributed by atoms with Gasteiger partial charge in [0.05, 0.1) is 0 Å². The number of nitrogens with two attached hydrogens (primary N) is 1. The predicted molar refractivity (Wildman–Crippen MR) is 63.7 cm³/mol. The molecule has 0 aliphatic heterocycles. The van der Waals surface area contributed by atoms with Crippen LogP contribution in [-0.2, 0) is 9.59 Å². The molecule has 0 saturated heterocycles. The van der Waals surface area contributed by atoms with E-state index in [2.05, 4.69) is 5.32 Å². The number of rotatable bonds is 5. The lowest BCUT2D eigenvalue weighted by atomic mass is 10.2. The van der Waals surface area contributed by atoms with Gasteiger partial charge < -0.3 is 11.1 Å². The molecule has 2 amide bonds. The van der Waals surface area contributed by atoms with E-state index in [4.69, 9.17) is 17.3 Å². The zero-order chi connectivity index (χ0) is 12.8. The van der Waals surface area contributed by atoms with Gasteiger partial charge in [-0.1, -0.05) is 0 Å². The van der Waals surface area contributed by atoms with Gasteiger partial charge in [0.1, 0.15) is 0 Å². The number of amides is 2. The minimum atomic E-state index is -0.552. The van der Waals surface area contributed by atoms with Crippen molar-refractivity contribution >= 4 is 34.3 Å². The number of halogens is 1. The number of carbonyl (C=O) groups is 3. The van der Waals surface area contributed by atoms with E-state index in [9.17, 15) is 14.4 Å². The van der Waals surface area contributed by atoms with Gasteiger partial charge in [-0.2, -0.15) is 0 Å². The molecule has 17 heavy (non-hydrogen) atoms. The maximum atomic E-state index is 11.3. The second-order valence-electron chi connectivity index (χ2n) is 3.34. The van der Waals surface area contributed by atoms with E-state index in [1.807, 2.05) is 0 Å². The molecule has 0 heterocycles. The molecule has 6 heteroatoms. The van der Waals surface area contributed by atoms with Crippen LogP contribution in [0.25, 0.3) is 0 Å². The van der Waals surface area contributed by atoms with Gasteiger partial charge in [-0.05, 0) is 35.9 Å². The summed E-state index contributed by atoms with van der Waals surface area (Å²) in [6, 6.07) is 6.12. The van der Waals surface area contributed by atoms with Crippen molar-refractivity contribution in [2.75, 3.05) is 5.32 Å². The first-order chi connectivity index (χ1) is 7.99. The lowest BCUT2D eigenvalue weighted by Gasteiger charge is -2.04. The second-order valence-corrected chi connectivity index (χ2v) is 3.77. The lowest BCUT2D eigenvalue weighted by Crippen LogP contribution is -2.13. The van der Waals surface area contributed by atoms with Crippen molar-refractivity contribution in [3.8, 4) is 0 Å². The van der Waals surface area contributed by atoms with E-state index in [1.54, 1.807) is 12.1 Å². The molecular formula is C11H11ClN2O3. The molecule has 3 N–H and O–H groups in total. The fraction of sp³-hybridized carbons (Fsp3) is 0.182. The van der Waals surface area contributed by atoms with Crippen LogP contribution in [0.15, 0.2) is 24.3 Å². The maximum absolute atomic E-state index is 11.3. The fourth-order valence-electron chi connectivity index (χ4n) is 1.15. The van der Waals surface area contributed by atoms with Gasteiger partial charge in [0.15, 0.2) is 0 Å². The topological polar surface area (TPSA) is 89.3 Å². The molecule has 1 aromatic rings. The zero-order valence-electron chi connectivity index (χ0n) is 8.90. The Hall–Kier alpha value is -1.88. The number of hydrogen-bond acceptors (Lipinski definition) is 3. The van der Waals surface area contributed by atoms with Crippen LogP contribution < -0.4 is 11.1 Å². The van der Waals surface area contributed by atoms with E-state index in [-0.39, 0.29) is 18.7 Å². The van der Waals surface area contributed by atoms with Crippen molar-refractivity contribution in [1.82, 2.24) is 0 Å². The van der Waals surface area contributed by atoms with Gasteiger partial charge in [-0.25, -0.2) is 0 Å². The van der Waals surface area contributed by atoms with E-state index in [0.717, 1.165) is 0 Å². The highest BCUT2D eigenvalue weighted by Gasteiger charge is 2.06. The molecule has 0 atom stereocenters. The summed E-state index contributed by atoms with van der Waals surface area (Å²) >= 11 is 5.11. The van der Waals surface area contributed by atoms with E-state index >= 15 is 0 Å².